The molecule has 2 N–H and O–H groups in total. The Morgan fingerprint density at radius 3 is 2.25 bits per heavy atom. The number of rotatable bonds is 3. The number of nitrogens with zero attached hydrogens (tertiary/aromatic N) is 2. The molecular formula is C13H23N3. The number of nitrogens with two attached hydrogens (primary N) is 1. The Kier molecular flexibility index (Phi) is 5.68. The van der Waals surface area contributed by atoms with E-state index in [0.29, 0.717) is 5.84 Å². The Labute approximate surface area is 98.7 Å². The summed E-state index contributed by atoms with van der Waals surface area (Å²) in [6.45, 7) is 6.07. The lowest BCUT2D eigenvalue weighted by molar-refractivity contribution is 0.314. The molecule has 1 heterocycles. The van der Waals surface area contributed by atoms with E-state index in [-0.39, 0.29) is 0 Å². The van der Waals surface area contributed by atoms with Gasteiger partial charge in [0.25, 0.3) is 0 Å². The van der Waals surface area contributed by atoms with Gasteiger partial charge in [0, 0.05) is 31.9 Å². The molecule has 3 heteroatoms. The van der Waals surface area contributed by atoms with Crippen LogP contribution in [0.4, 0.5) is 0 Å². The Morgan fingerprint density at radius 2 is 1.75 bits per heavy atom. The minimum absolute atomic E-state index is 0.567. The van der Waals surface area contributed by atoms with Crippen LogP contribution >= 0.6 is 0 Å². The molecule has 0 unspecified atom stereocenters. The van der Waals surface area contributed by atoms with E-state index < -0.39 is 0 Å². The van der Waals surface area contributed by atoms with Crippen molar-refractivity contribution < 1.29 is 0 Å². The van der Waals surface area contributed by atoms with E-state index in [1.165, 1.54) is 32.1 Å². The molecule has 1 aliphatic heterocycles. The van der Waals surface area contributed by atoms with Gasteiger partial charge in [-0.3, -0.25) is 4.99 Å². The summed E-state index contributed by atoms with van der Waals surface area (Å²) in [6, 6.07) is 0. The van der Waals surface area contributed by atoms with E-state index in [2.05, 4.69) is 16.5 Å². The molecule has 1 saturated heterocycles. The highest BCUT2D eigenvalue weighted by molar-refractivity contribution is 5.92. The first kappa shape index (κ1) is 12.8. The first-order valence-corrected chi connectivity index (χ1v) is 6.09. The molecule has 0 aromatic heterocycles. The average Bonchev–Trinajstić information content (AvgIpc) is 2.26. The van der Waals surface area contributed by atoms with Crippen molar-refractivity contribution in [1.82, 2.24) is 4.90 Å². The van der Waals surface area contributed by atoms with Crippen LogP contribution in [0.3, 0.4) is 0 Å². The van der Waals surface area contributed by atoms with E-state index in [1.54, 1.807) is 7.05 Å². The van der Waals surface area contributed by atoms with E-state index >= 15 is 0 Å². The Morgan fingerprint density at radius 1 is 1.19 bits per heavy atom. The van der Waals surface area contributed by atoms with E-state index in [9.17, 15) is 0 Å². The van der Waals surface area contributed by atoms with Gasteiger partial charge in [0.15, 0.2) is 0 Å². The van der Waals surface area contributed by atoms with Crippen molar-refractivity contribution in [1.29, 1.82) is 0 Å². The minimum Gasteiger partial charge on any atom is -0.384 e. The van der Waals surface area contributed by atoms with Crippen molar-refractivity contribution in [3.63, 3.8) is 0 Å². The Balaban J connectivity index is 2.69. The van der Waals surface area contributed by atoms with Gasteiger partial charge in [0.05, 0.1) is 0 Å². The summed E-state index contributed by atoms with van der Waals surface area (Å²) in [5.41, 5.74) is 6.83. The van der Waals surface area contributed by atoms with E-state index in [0.717, 1.165) is 18.8 Å². The number of hydrogen-bond acceptors (Lipinski definition) is 2. The third-order valence-corrected chi connectivity index (χ3v) is 2.98. The van der Waals surface area contributed by atoms with Crippen LogP contribution in [0.15, 0.2) is 29.4 Å². The van der Waals surface area contributed by atoms with Gasteiger partial charge in [-0.2, -0.15) is 0 Å². The number of aliphatic imine (C=N–C) groups is 1. The van der Waals surface area contributed by atoms with Gasteiger partial charge in [0.1, 0.15) is 5.84 Å². The highest BCUT2D eigenvalue weighted by Gasteiger charge is 2.09. The fourth-order valence-electron chi connectivity index (χ4n) is 2.00. The van der Waals surface area contributed by atoms with Crippen LogP contribution in [0.5, 0.6) is 0 Å². The molecule has 0 atom stereocenters. The fourth-order valence-corrected chi connectivity index (χ4v) is 2.00. The third-order valence-electron chi connectivity index (χ3n) is 2.98. The van der Waals surface area contributed by atoms with Crippen LogP contribution in [0.25, 0.3) is 0 Å². The van der Waals surface area contributed by atoms with Crippen molar-refractivity contribution >= 4 is 5.84 Å². The molecule has 16 heavy (non-hydrogen) atoms. The highest BCUT2D eigenvalue weighted by atomic mass is 15.1. The third kappa shape index (κ3) is 4.09. The first-order chi connectivity index (χ1) is 7.77. The molecule has 0 bridgehead atoms. The smallest absolute Gasteiger partial charge is 0.119 e. The molecule has 0 spiro atoms. The predicted molar refractivity (Wildman–Crippen MR) is 70.5 cm³/mol. The average molecular weight is 221 g/mol. The quantitative estimate of drug-likeness (QED) is 0.451. The fraction of sp³-hybridized carbons (Fsp3) is 0.615. The van der Waals surface area contributed by atoms with Gasteiger partial charge in [-0.25, -0.2) is 0 Å². The lowest BCUT2D eigenvalue weighted by atomic mass is 10.1. The van der Waals surface area contributed by atoms with Crippen molar-refractivity contribution in [3.05, 3.63) is 24.4 Å². The van der Waals surface area contributed by atoms with Crippen LogP contribution in [0.2, 0.25) is 0 Å². The monoisotopic (exact) mass is 221 g/mol. The second-order valence-electron chi connectivity index (χ2n) is 4.18. The first-order valence-electron chi connectivity index (χ1n) is 6.09. The molecular weight excluding hydrogens is 198 g/mol. The zero-order chi connectivity index (χ0) is 11.8. The Bertz CT molecular complexity index is 271. The van der Waals surface area contributed by atoms with Crippen molar-refractivity contribution in [3.8, 4) is 0 Å². The number of likely N-dealkylation sites (tertiary alicyclic amines) is 1. The molecule has 90 valence electrons. The lowest BCUT2D eigenvalue weighted by Crippen LogP contribution is -2.27. The van der Waals surface area contributed by atoms with Gasteiger partial charge in [0.2, 0.25) is 0 Å². The standard InChI is InChI=1S/C13H23N3/c1-3-12(11-13(14)15-2)16-9-7-5-4-6-8-10-16/h3,11H,1,4-10H2,2H3,(H2,14,15)/b12-11+. The lowest BCUT2D eigenvalue weighted by Gasteiger charge is -2.27. The summed E-state index contributed by atoms with van der Waals surface area (Å²) >= 11 is 0. The second kappa shape index (κ2) is 7.09. The van der Waals surface area contributed by atoms with Gasteiger partial charge >= 0.3 is 0 Å². The Hall–Kier alpha value is -1.25. The summed E-state index contributed by atoms with van der Waals surface area (Å²) < 4.78 is 0. The predicted octanol–water partition coefficient (Wildman–Crippen LogP) is 2.31. The molecule has 3 nitrogen and oxygen atoms in total. The van der Waals surface area contributed by atoms with Crippen LogP contribution in [0.1, 0.15) is 32.1 Å². The summed E-state index contributed by atoms with van der Waals surface area (Å²) in [7, 11) is 1.71. The van der Waals surface area contributed by atoms with Crippen LogP contribution < -0.4 is 5.73 Å². The topological polar surface area (TPSA) is 41.6 Å². The van der Waals surface area contributed by atoms with Gasteiger partial charge in [-0.1, -0.05) is 25.8 Å². The van der Waals surface area contributed by atoms with E-state index in [4.69, 9.17) is 5.73 Å². The number of allylic oxidation sites excluding steroid dienone is 1. The molecule has 1 aliphatic rings. The summed E-state index contributed by atoms with van der Waals surface area (Å²) in [6.07, 6.45) is 10.3. The largest absolute Gasteiger partial charge is 0.384 e. The van der Waals surface area contributed by atoms with Crippen LogP contribution in [-0.2, 0) is 0 Å². The van der Waals surface area contributed by atoms with Crippen molar-refractivity contribution in [2.45, 2.75) is 32.1 Å². The summed E-state index contributed by atoms with van der Waals surface area (Å²) in [5.74, 6) is 0.567. The maximum absolute atomic E-state index is 5.73. The van der Waals surface area contributed by atoms with E-state index in [1.807, 2.05) is 12.2 Å². The van der Waals surface area contributed by atoms with Gasteiger partial charge < -0.3 is 10.6 Å². The van der Waals surface area contributed by atoms with Gasteiger partial charge in [-0.05, 0) is 18.9 Å². The molecule has 0 aromatic rings. The zero-order valence-corrected chi connectivity index (χ0v) is 10.3. The second-order valence-corrected chi connectivity index (χ2v) is 4.18. The molecule has 0 aromatic carbocycles. The van der Waals surface area contributed by atoms with Crippen molar-refractivity contribution in [2.75, 3.05) is 20.1 Å². The van der Waals surface area contributed by atoms with Crippen molar-refractivity contribution in [2.24, 2.45) is 10.7 Å². The minimum atomic E-state index is 0.567. The normalized spacial score (nSPS) is 20.2. The number of amidine groups is 1. The molecule has 0 saturated carbocycles. The maximum atomic E-state index is 5.73. The molecule has 0 amide bonds. The maximum Gasteiger partial charge on any atom is 0.119 e. The van der Waals surface area contributed by atoms with Crippen LogP contribution in [0, 0.1) is 0 Å². The number of hydrogen-bond donors (Lipinski definition) is 1. The molecule has 0 aliphatic carbocycles. The molecule has 0 radical (unpaired) electrons. The zero-order valence-electron chi connectivity index (χ0n) is 10.3. The molecule has 1 fully saturated rings. The highest BCUT2D eigenvalue weighted by Crippen LogP contribution is 2.15. The summed E-state index contributed by atoms with van der Waals surface area (Å²) in [5, 5.41) is 0. The molecule has 1 rings (SSSR count). The van der Waals surface area contributed by atoms with Gasteiger partial charge in [-0.15, -0.1) is 0 Å². The SMILES string of the molecule is C=C/C(=C\C(N)=NC)N1CCCCCCC1. The summed E-state index contributed by atoms with van der Waals surface area (Å²) in [4.78, 5) is 6.32. The van der Waals surface area contributed by atoms with Crippen LogP contribution in [-0.4, -0.2) is 30.9 Å².